The number of carbonyl (C=O) groups excluding carboxylic acids is 2. The fourth-order valence-electron chi connectivity index (χ4n) is 2.42. The molecule has 1 aliphatic rings. The Morgan fingerprint density at radius 2 is 2.09 bits per heavy atom. The van der Waals surface area contributed by atoms with Crippen molar-refractivity contribution in [2.24, 2.45) is 0 Å². The van der Waals surface area contributed by atoms with Gasteiger partial charge in [-0.1, -0.05) is 17.8 Å². The number of aryl methyl sites for hydroxylation is 1. The predicted molar refractivity (Wildman–Crippen MR) is 85.9 cm³/mol. The molecule has 116 valence electrons. The molecule has 2 N–H and O–H groups in total. The molecule has 3 amide bonds. The zero-order chi connectivity index (χ0) is 15.9. The van der Waals surface area contributed by atoms with Gasteiger partial charge in [-0.05, 0) is 38.5 Å². The molecule has 1 aromatic heterocycles. The van der Waals surface area contributed by atoms with Gasteiger partial charge in [0.25, 0.3) is 5.91 Å². The molecule has 1 aliphatic heterocycles. The number of imide groups is 1. The molecule has 3 rings (SSSR count). The molecule has 1 fully saturated rings. The van der Waals surface area contributed by atoms with Crippen LogP contribution in [0.15, 0.2) is 23.4 Å². The molecule has 0 aliphatic carbocycles. The number of nitrogens with one attached hydrogen (secondary N) is 2. The summed E-state index contributed by atoms with van der Waals surface area (Å²) in [6.45, 7) is 5.82. The number of carbonyl (C=O) groups is 2. The summed E-state index contributed by atoms with van der Waals surface area (Å²) < 4.78 is 0. The monoisotopic (exact) mass is 318 g/mol. The number of urea groups is 1. The van der Waals surface area contributed by atoms with Crippen molar-refractivity contribution < 1.29 is 9.59 Å². The zero-order valence-electron chi connectivity index (χ0n) is 12.8. The molecular formula is C15H18N4O2S. The summed E-state index contributed by atoms with van der Waals surface area (Å²) in [7, 11) is 0. The van der Waals surface area contributed by atoms with E-state index in [2.05, 4.69) is 15.3 Å². The molecule has 7 heteroatoms. The molecule has 0 spiro atoms. The van der Waals surface area contributed by atoms with Crippen molar-refractivity contribution in [1.29, 1.82) is 0 Å². The third kappa shape index (κ3) is 2.68. The summed E-state index contributed by atoms with van der Waals surface area (Å²) in [6.07, 6.45) is 0. The Kier molecular flexibility index (Phi) is 3.60. The van der Waals surface area contributed by atoms with E-state index >= 15 is 0 Å². The van der Waals surface area contributed by atoms with Crippen LogP contribution in [0.2, 0.25) is 0 Å². The van der Waals surface area contributed by atoms with Crippen LogP contribution in [-0.2, 0) is 4.79 Å². The van der Waals surface area contributed by atoms with E-state index in [0.717, 1.165) is 16.2 Å². The predicted octanol–water partition coefficient (Wildman–Crippen LogP) is 2.29. The standard InChI is InChI=1S/C15H18N4O2S/c1-9-4-5-10-11(8-9)17-13(16-10)22-7-6-19-12(20)15(2,3)18-14(19)21/h4-5,8H,6-7H2,1-3H3,(H,16,17)(H,18,21). The second-order valence-corrected chi connectivity index (χ2v) is 7.01. The Bertz CT molecular complexity index is 753. The van der Waals surface area contributed by atoms with Crippen LogP contribution >= 0.6 is 11.8 Å². The van der Waals surface area contributed by atoms with Crippen LogP contribution in [0.3, 0.4) is 0 Å². The van der Waals surface area contributed by atoms with E-state index in [4.69, 9.17) is 0 Å². The van der Waals surface area contributed by atoms with Crippen LogP contribution in [0.1, 0.15) is 19.4 Å². The van der Waals surface area contributed by atoms with Gasteiger partial charge >= 0.3 is 6.03 Å². The number of amides is 3. The number of rotatable bonds is 4. The highest BCUT2D eigenvalue weighted by molar-refractivity contribution is 7.99. The number of aromatic nitrogens is 2. The Morgan fingerprint density at radius 3 is 2.77 bits per heavy atom. The summed E-state index contributed by atoms with van der Waals surface area (Å²) in [4.78, 5) is 32.9. The van der Waals surface area contributed by atoms with Crippen molar-refractivity contribution in [2.45, 2.75) is 31.5 Å². The van der Waals surface area contributed by atoms with Gasteiger partial charge in [-0.25, -0.2) is 9.78 Å². The SMILES string of the molecule is Cc1ccc2nc(SCCN3C(=O)NC(C)(C)C3=O)[nH]c2c1. The topological polar surface area (TPSA) is 78.1 Å². The fraction of sp³-hybridized carbons (Fsp3) is 0.400. The number of nitrogens with zero attached hydrogens (tertiary/aromatic N) is 2. The lowest BCUT2D eigenvalue weighted by atomic mass is 10.1. The van der Waals surface area contributed by atoms with Crippen LogP contribution in [0.5, 0.6) is 0 Å². The number of hydrogen-bond donors (Lipinski definition) is 2. The van der Waals surface area contributed by atoms with Gasteiger partial charge in [0.2, 0.25) is 0 Å². The van der Waals surface area contributed by atoms with Gasteiger partial charge in [0.1, 0.15) is 5.54 Å². The maximum absolute atomic E-state index is 12.1. The minimum absolute atomic E-state index is 0.182. The average molecular weight is 318 g/mol. The molecular weight excluding hydrogens is 300 g/mol. The van der Waals surface area contributed by atoms with Gasteiger partial charge in [-0.15, -0.1) is 0 Å². The molecule has 0 atom stereocenters. The Morgan fingerprint density at radius 1 is 1.32 bits per heavy atom. The first kappa shape index (κ1) is 14.9. The first-order chi connectivity index (χ1) is 10.4. The smallest absolute Gasteiger partial charge is 0.325 e. The molecule has 1 saturated heterocycles. The minimum Gasteiger partial charge on any atom is -0.333 e. The van der Waals surface area contributed by atoms with Gasteiger partial charge < -0.3 is 10.3 Å². The molecule has 0 bridgehead atoms. The van der Waals surface area contributed by atoms with E-state index in [1.54, 1.807) is 13.8 Å². The molecule has 1 aromatic carbocycles. The quantitative estimate of drug-likeness (QED) is 0.670. The van der Waals surface area contributed by atoms with E-state index in [1.165, 1.54) is 22.2 Å². The van der Waals surface area contributed by atoms with Gasteiger partial charge in [0, 0.05) is 12.3 Å². The van der Waals surface area contributed by atoms with E-state index in [-0.39, 0.29) is 11.9 Å². The summed E-state index contributed by atoms with van der Waals surface area (Å²) in [5, 5.41) is 3.47. The largest absolute Gasteiger partial charge is 0.333 e. The molecule has 0 saturated carbocycles. The Balaban J connectivity index is 1.63. The second kappa shape index (κ2) is 5.31. The highest BCUT2D eigenvalue weighted by atomic mass is 32.2. The van der Waals surface area contributed by atoms with Crippen LogP contribution in [0.25, 0.3) is 11.0 Å². The number of H-pyrrole nitrogens is 1. The van der Waals surface area contributed by atoms with Gasteiger partial charge in [0.15, 0.2) is 5.16 Å². The normalized spacial score (nSPS) is 17.3. The lowest BCUT2D eigenvalue weighted by Crippen LogP contribution is -2.40. The Hall–Kier alpha value is -2.02. The molecule has 2 heterocycles. The van der Waals surface area contributed by atoms with Crippen molar-refractivity contribution >= 4 is 34.7 Å². The number of thioether (sulfide) groups is 1. The van der Waals surface area contributed by atoms with Gasteiger partial charge in [-0.3, -0.25) is 9.69 Å². The van der Waals surface area contributed by atoms with E-state index in [0.29, 0.717) is 12.3 Å². The molecule has 6 nitrogen and oxygen atoms in total. The van der Waals surface area contributed by atoms with Crippen LogP contribution in [0.4, 0.5) is 4.79 Å². The zero-order valence-corrected chi connectivity index (χ0v) is 13.6. The van der Waals surface area contributed by atoms with Crippen molar-refractivity contribution in [1.82, 2.24) is 20.2 Å². The average Bonchev–Trinajstić information content (AvgIpc) is 2.91. The highest BCUT2D eigenvalue weighted by Gasteiger charge is 2.43. The van der Waals surface area contributed by atoms with Crippen LogP contribution < -0.4 is 5.32 Å². The van der Waals surface area contributed by atoms with E-state index < -0.39 is 5.54 Å². The number of aromatic amines is 1. The highest BCUT2D eigenvalue weighted by Crippen LogP contribution is 2.22. The molecule has 2 aromatic rings. The molecule has 0 radical (unpaired) electrons. The van der Waals surface area contributed by atoms with Crippen molar-refractivity contribution in [3.63, 3.8) is 0 Å². The van der Waals surface area contributed by atoms with Crippen molar-refractivity contribution in [3.8, 4) is 0 Å². The van der Waals surface area contributed by atoms with Crippen molar-refractivity contribution in [3.05, 3.63) is 23.8 Å². The summed E-state index contributed by atoms with van der Waals surface area (Å²) in [5.74, 6) is 0.423. The maximum Gasteiger partial charge on any atom is 0.325 e. The van der Waals surface area contributed by atoms with Gasteiger partial charge in [0.05, 0.1) is 11.0 Å². The second-order valence-electron chi connectivity index (χ2n) is 5.92. The molecule has 22 heavy (non-hydrogen) atoms. The Labute approximate surface area is 132 Å². The lowest BCUT2D eigenvalue weighted by Gasteiger charge is -2.15. The van der Waals surface area contributed by atoms with E-state index in [9.17, 15) is 9.59 Å². The first-order valence-electron chi connectivity index (χ1n) is 7.10. The summed E-state index contributed by atoms with van der Waals surface area (Å²) >= 11 is 1.50. The number of imidazole rings is 1. The first-order valence-corrected chi connectivity index (χ1v) is 8.09. The summed E-state index contributed by atoms with van der Waals surface area (Å²) in [5.41, 5.74) is 2.29. The van der Waals surface area contributed by atoms with Crippen LogP contribution in [-0.4, -0.2) is 44.6 Å². The fourth-order valence-corrected chi connectivity index (χ4v) is 3.24. The third-order valence-corrected chi connectivity index (χ3v) is 4.47. The number of fused-ring (bicyclic) bond motifs is 1. The molecule has 0 unspecified atom stereocenters. The van der Waals surface area contributed by atoms with Crippen LogP contribution in [0, 0.1) is 6.92 Å². The van der Waals surface area contributed by atoms with Crippen molar-refractivity contribution in [2.75, 3.05) is 12.3 Å². The number of benzene rings is 1. The lowest BCUT2D eigenvalue weighted by molar-refractivity contribution is -0.130. The van der Waals surface area contributed by atoms with E-state index in [1.807, 2.05) is 25.1 Å². The third-order valence-electron chi connectivity index (χ3n) is 3.61. The van der Waals surface area contributed by atoms with Gasteiger partial charge in [-0.2, -0.15) is 0 Å². The minimum atomic E-state index is -0.807. The maximum atomic E-state index is 12.1. The number of hydrogen-bond acceptors (Lipinski definition) is 4. The summed E-state index contributed by atoms with van der Waals surface area (Å²) in [6, 6.07) is 5.72.